The van der Waals surface area contributed by atoms with E-state index in [0.29, 0.717) is 5.76 Å². The van der Waals surface area contributed by atoms with E-state index in [9.17, 15) is 4.79 Å². The van der Waals surface area contributed by atoms with Crippen LogP contribution in [0.5, 0.6) is 0 Å². The Morgan fingerprint density at radius 3 is 2.62 bits per heavy atom. The summed E-state index contributed by atoms with van der Waals surface area (Å²) in [6, 6.07) is 3.04. The van der Waals surface area contributed by atoms with Gasteiger partial charge in [-0.25, -0.2) is 4.79 Å². The largest absolute Gasteiger partial charge is 0.479 e. The van der Waals surface area contributed by atoms with Crippen LogP contribution in [0.15, 0.2) is 16.5 Å². The standard InChI is InChI=1S/C8H9ClO4/c1-4(7(10)8(11)12)5-2-3-6(9)13-5/h2-4,7,10H,1H3,(H,11,12). The van der Waals surface area contributed by atoms with Gasteiger partial charge in [-0.05, 0) is 23.7 Å². The quantitative estimate of drug-likeness (QED) is 0.783. The van der Waals surface area contributed by atoms with E-state index in [1.165, 1.54) is 6.07 Å². The molecule has 1 rings (SSSR count). The van der Waals surface area contributed by atoms with Crippen molar-refractivity contribution < 1.29 is 19.4 Å². The third-order valence-corrected chi connectivity index (χ3v) is 1.97. The summed E-state index contributed by atoms with van der Waals surface area (Å²) in [4.78, 5) is 10.4. The molecule has 0 radical (unpaired) electrons. The average molecular weight is 205 g/mol. The van der Waals surface area contributed by atoms with Gasteiger partial charge in [0.25, 0.3) is 0 Å². The van der Waals surface area contributed by atoms with Crippen LogP contribution >= 0.6 is 11.6 Å². The molecule has 0 saturated carbocycles. The first kappa shape index (κ1) is 10.1. The first-order chi connectivity index (χ1) is 6.02. The maximum atomic E-state index is 10.4. The summed E-state index contributed by atoms with van der Waals surface area (Å²) in [6.07, 6.45) is -1.47. The van der Waals surface area contributed by atoms with Gasteiger partial charge in [-0.3, -0.25) is 0 Å². The topological polar surface area (TPSA) is 70.7 Å². The first-order valence-corrected chi connectivity index (χ1v) is 4.06. The number of halogens is 1. The Hall–Kier alpha value is -1.00. The molecule has 2 atom stereocenters. The van der Waals surface area contributed by atoms with Gasteiger partial charge in [0, 0.05) is 0 Å². The lowest BCUT2D eigenvalue weighted by Gasteiger charge is -2.11. The minimum Gasteiger partial charge on any atom is -0.479 e. The zero-order chi connectivity index (χ0) is 10.0. The molecule has 1 heterocycles. The summed E-state index contributed by atoms with van der Waals surface area (Å²) in [5, 5.41) is 17.8. The molecule has 0 aliphatic heterocycles. The highest BCUT2D eigenvalue weighted by molar-refractivity contribution is 6.28. The lowest BCUT2D eigenvalue weighted by Crippen LogP contribution is -2.25. The summed E-state index contributed by atoms with van der Waals surface area (Å²) < 4.78 is 4.96. The molecule has 0 amide bonds. The van der Waals surface area contributed by atoms with Gasteiger partial charge in [0.15, 0.2) is 11.3 Å². The molecule has 72 valence electrons. The van der Waals surface area contributed by atoms with Crippen LogP contribution in [0, 0.1) is 0 Å². The third kappa shape index (κ3) is 2.23. The third-order valence-electron chi connectivity index (χ3n) is 1.77. The Kier molecular flexibility index (Phi) is 2.95. The number of carboxylic acids is 1. The van der Waals surface area contributed by atoms with E-state index in [0.717, 1.165) is 0 Å². The Morgan fingerprint density at radius 1 is 1.62 bits per heavy atom. The van der Waals surface area contributed by atoms with Crippen molar-refractivity contribution in [3.63, 3.8) is 0 Å². The van der Waals surface area contributed by atoms with Crippen molar-refractivity contribution in [3.8, 4) is 0 Å². The second kappa shape index (κ2) is 3.81. The molecule has 0 spiro atoms. The monoisotopic (exact) mass is 204 g/mol. The molecule has 0 bridgehead atoms. The van der Waals surface area contributed by atoms with E-state index in [2.05, 4.69) is 0 Å². The van der Waals surface area contributed by atoms with Gasteiger partial charge in [0.05, 0.1) is 5.92 Å². The zero-order valence-corrected chi connectivity index (χ0v) is 7.65. The van der Waals surface area contributed by atoms with Gasteiger partial charge >= 0.3 is 5.97 Å². The number of hydrogen-bond acceptors (Lipinski definition) is 3. The number of carboxylic acid groups (broad SMARTS) is 1. The average Bonchev–Trinajstić information content (AvgIpc) is 2.49. The Morgan fingerprint density at radius 2 is 2.23 bits per heavy atom. The summed E-state index contributed by atoms with van der Waals surface area (Å²) in [6.45, 7) is 1.55. The van der Waals surface area contributed by atoms with Crippen molar-refractivity contribution in [1.82, 2.24) is 0 Å². The van der Waals surface area contributed by atoms with E-state index in [1.54, 1.807) is 13.0 Å². The maximum absolute atomic E-state index is 10.4. The highest BCUT2D eigenvalue weighted by atomic mass is 35.5. The molecular formula is C8H9ClO4. The van der Waals surface area contributed by atoms with E-state index in [4.69, 9.17) is 26.2 Å². The predicted octanol–water partition coefficient (Wildman–Crippen LogP) is 1.48. The number of hydrogen-bond donors (Lipinski definition) is 2. The molecule has 5 heteroatoms. The Bertz CT molecular complexity index is 307. The lowest BCUT2D eigenvalue weighted by molar-refractivity contribution is -0.147. The van der Waals surface area contributed by atoms with E-state index < -0.39 is 18.0 Å². The molecule has 2 N–H and O–H groups in total. The van der Waals surface area contributed by atoms with Crippen molar-refractivity contribution in [2.24, 2.45) is 0 Å². The molecule has 0 aliphatic carbocycles. The van der Waals surface area contributed by atoms with Crippen LogP contribution in [0.4, 0.5) is 0 Å². The second-order valence-electron chi connectivity index (χ2n) is 2.71. The van der Waals surface area contributed by atoms with Crippen molar-refractivity contribution in [3.05, 3.63) is 23.1 Å². The zero-order valence-electron chi connectivity index (χ0n) is 6.90. The second-order valence-corrected chi connectivity index (χ2v) is 3.09. The van der Waals surface area contributed by atoms with Crippen LogP contribution in [0.1, 0.15) is 18.6 Å². The number of aliphatic carboxylic acids is 1. The van der Waals surface area contributed by atoms with Crippen LogP contribution in [0.2, 0.25) is 5.22 Å². The summed E-state index contributed by atoms with van der Waals surface area (Å²) in [7, 11) is 0. The predicted molar refractivity (Wildman–Crippen MR) is 45.8 cm³/mol. The molecule has 1 aromatic heterocycles. The Balaban J connectivity index is 2.78. The lowest BCUT2D eigenvalue weighted by atomic mass is 10.0. The number of furan rings is 1. The van der Waals surface area contributed by atoms with Gasteiger partial charge in [0.1, 0.15) is 5.76 Å². The Labute approximate surface area is 79.7 Å². The summed E-state index contributed by atoms with van der Waals surface area (Å²) >= 11 is 5.49. The highest BCUT2D eigenvalue weighted by Gasteiger charge is 2.25. The van der Waals surface area contributed by atoms with Crippen molar-refractivity contribution >= 4 is 17.6 Å². The number of rotatable bonds is 3. The molecule has 1 aromatic rings. The highest BCUT2D eigenvalue weighted by Crippen LogP contribution is 2.24. The van der Waals surface area contributed by atoms with Crippen LogP contribution in [0.25, 0.3) is 0 Å². The molecule has 4 nitrogen and oxygen atoms in total. The van der Waals surface area contributed by atoms with Gasteiger partial charge in [-0.15, -0.1) is 0 Å². The summed E-state index contributed by atoms with van der Waals surface area (Å²) in [5.74, 6) is -1.52. The molecule has 13 heavy (non-hydrogen) atoms. The fourth-order valence-corrected chi connectivity index (χ4v) is 1.09. The van der Waals surface area contributed by atoms with Gasteiger partial charge in [-0.2, -0.15) is 0 Å². The molecular weight excluding hydrogens is 196 g/mol. The number of aliphatic hydroxyl groups is 1. The fraction of sp³-hybridized carbons (Fsp3) is 0.375. The summed E-state index contributed by atoms with van der Waals surface area (Å²) in [5.41, 5.74) is 0. The van der Waals surface area contributed by atoms with Crippen molar-refractivity contribution in [1.29, 1.82) is 0 Å². The van der Waals surface area contributed by atoms with Crippen LogP contribution in [-0.2, 0) is 4.79 Å². The molecule has 0 aromatic carbocycles. The molecule has 0 fully saturated rings. The first-order valence-electron chi connectivity index (χ1n) is 3.68. The molecule has 0 saturated heterocycles. The van der Waals surface area contributed by atoms with Crippen molar-refractivity contribution in [2.75, 3.05) is 0 Å². The van der Waals surface area contributed by atoms with Gasteiger partial charge in [-0.1, -0.05) is 6.92 Å². The smallest absolute Gasteiger partial charge is 0.333 e. The SMILES string of the molecule is CC(c1ccc(Cl)o1)C(O)C(=O)O. The van der Waals surface area contributed by atoms with Crippen molar-refractivity contribution in [2.45, 2.75) is 18.9 Å². The van der Waals surface area contributed by atoms with E-state index in [1.807, 2.05) is 0 Å². The minimum atomic E-state index is -1.47. The van der Waals surface area contributed by atoms with Gasteiger partial charge < -0.3 is 14.6 Å². The fourth-order valence-electron chi connectivity index (χ4n) is 0.942. The van der Waals surface area contributed by atoms with Crippen LogP contribution in [0.3, 0.4) is 0 Å². The van der Waals surface area contributed by atoms with Gasteiger partial charge in [0.2, 0.25) is 0 Å². The normalized spacial score (nSPS) is 15.3. The van der Waals surface area contributed by atoms with E-state index in [-0.39, 0.29) is 5.22 Å². The number of aliphatic hydroxyl groups excluding tert-OH is 1. The van der Waals surface area contributed by atoms with Crippen LogP contribution in [-0.4, -0.2) is 22.3 Å². The molecule has 2 unspecified atom stereocenters. The van der Waals surface area contributed by atoms with Crippen LogP contribution < -0.4 is 0 Å². The van der Waals surface area contributed by atoms with E-state index >= 15 is 0 Å². The molecule has 0 aliphatic rings. The minimum absolute atomic E-state index is 0.180. The number of carbonyl (C=O) groups is 1. The maximum Gasteiger partial charge on any atom is 0.333 e.